The number of aromatic hydroxyl groups is 1. The van der Waals surface area contributed by atoms with Crippen molar-refractivity contribution in [2.24, 2.45) is 0 Å². The van der Waals surface area contributed by atoms with Crippen LogP contribution in [0.3, 0.4) is 0 Å². The maximum Gasteiger partial charge on any atom is 0.146 e. The van der Waals surface area contributed by atoms with E-state index in [0.29, 0.717) is 16.6 Å². The van der Waals surface area contributed by atoms with Crippen molar-refractivity contribution < 1.29 is 5.11 Å². The van der Waals surface area contributed by atoms with Gasteiger partial charge in [-0.25, -0.2) is 0 Å². The lowest BCUT2D eigenvalue weighted by atomic mass is 10.2. The van der Waals surface area contributed by atoms with Crippen LogP contribution >= 0.6 is 0 Å². The summed E-state index contributed by atoms with van der Waals surface area (Å²) in [5.41, 5.74) is 6.48. The minimum atomic E-state index is -1.67. The maximum absolute atomic E-state index is 9.51. The van der Waals surface area contributed by atoms with E-state index in [1.165, 1.54) is 0 Å². The van der Waals surface area contributed by atoms with Gasteiger partial charge < -0.3 is 5.11 Å². The molecular weight excluding hydrogens is 248 g/mol. The summed E-state index contributed by atoms with van der Waals surface area (Å²) >= 11 is 0. The molecule has 0 heterocycles. The Morgan fingerprint density at radius 3 is 1.89 bits per heavy atom. The molecular formula is C17H26OSi. The van der Waals surface area contributed by atoms with Gasteiger partial charge in [-0.2, -0.15) is 0 Å². The Morgan fingerprint density at radius 2 is 1.47 bits per heavy atom. The molecule has 0 saturated carbocycles. The van der Waals surface area contributed by atoms with Crippen molar-refractivity contribution in [3.8, 4) is 17.2 Å². The fourth-order valence-corrected chi connectivity index (χ4v) is 8.42. The van der Waals surface area contributed by atoms with Crippen LogP contribution in [0.4, 0.5) is 0 Å². The van der Waals surface area contributed by atoms with E-state index in [0.717, 1.165) is 5.56 Å². The zero-order valence-electron chi connectivity index (χ0n) is 13.0. The van der Waals surface area contributed by atoms with Gasteiger partial charge in [0, 0.05) is 5.56 Å². The first kappa shape index (κ1) is 15.9. The summed E-state index contributed by atoms with van der Waals surface area (Å²) in [4.78, 5) is 0. The van der Waals surface area contributed by atoms with E-state index in [4.69, 9.17) is 0 Å². The number of benzene rings is 1. The summed E-state index contributed by atoms with van der Waals surface area (Å²) in [6.45, 7) is 13.9. The van der Waals surface area contributed by atoms with Gasteiger partial charge in [0.15, 0.2) is 0 Å². The molecule has 0 bridgehead atoms. The topological polar surface area (TPSA) is 20.2 Å². The summed E-state index contributed by atoms with van der Waals surface area (Å²) in [5.74, 6) is 3.61. The number of phenols is 1. The van der Waals surface area contributed by atoms with Crippen molar-refractivity contribution in [3.05, 3.63) is 29.8 Å². The number of hydrogen-bond acceptors (Lipinski definition) is 1. The molecule has 1 nitrogen and oxygen atoms in total. The fourth-order valence-electron chi connectivity index (χ4n) is 3.20. The Kier molecular flexibility index (Phi) is 5.26. The molecule has 0 aliphatic heterocycles. The van der Waals surface area contributed by atoms with Gasteiger partial charge in [-0.3, -0.25) is 0 Å². The number of hydrogen-bond donors (Lipinski definition) is 1. The average Bonchev–Trinajstić information content (AvgIpc) is 2.28. The van der Waals surface area contributed by atoms with Crippen LogP contribution in [0.5, 0.6) is 5.75 Å². The highest BCUT2D eigenvalue weighted by Crippen LogP contribution is 2.40. The largest absolute Gasteiger partial charge is 0.508 e. The first-order valence-electron chi connectivity index (χ1n) is 7.13. The molecule has 2 heteroatoms. The van der Waals surface area contributed by atoms with Gasteiger partial charge in [0.1, 0.15) is 13.8 Å². The molecule has 1 aromatic rings. The summed E-state index contributed by atoms with van der Waals surface area (Å²) in [7, 11) is -1.67. The predicted octanol–water partition coefficient (Wildman–Crippen LogP) is 4.96. The number of rotatable bonds is 3. The van der Waals surface area contributed by atoms with Crippen molar-refractivity contribution in [2.45, 2.75) is 58.2 Å². The Labute approximate surface area is 119 Å². The van der Waals surface area contributed by atoms with Crippen LogP contribution < -0.4 is 0 Å². The monoisotopic (exact) mass is 274 g/mol. The standard InChI is InChI=1S/C17H26OSi/c1-13(2)19(14(3)4,15(5)6)11-10-16-8-7-9-17(18)12-16/h7-9,12-15,18H,1-6H3. The van der Waals surface area contributed by atoms with Crippen LogP contribution in [0.15, 0.2) is 24.3 Å². The van der Waals surface area contributed by atoms with E-state index in [1.54, 1.807) is 12.1 Å². The minimum Gasteiger partial charge on any atom is -0.508 e. The van der Waals surface area contributed by atoms with E-state index in [9.17, 15) is 5.11 Å². The third kappa shape index (κ3) is 3.42. The van der Waals surface area contributed by atoms with Crippen LogP contribution in [0.1, 0.15) is 47.1 Å². The molecule has 0 saturated heterocycles. The Bertz CT molecular complexity index is 456. The van der Waals surface area contributed by atoms with Gasteiger partial charge in [-0.05, 0) is 34.8 Å². The second-order valence-corrected chi connectivity index (χ2v) is 11.8. The van der Waals surface area contributed by atoms with Crippen molar-refractivity contribution in [1.82, 2.24) is 0 Å². The van der Waals surface area contributed by atoms with Crippen LogP contribution in [0, 0.1) is 11.5 Å². The van der Waals surface area contributed by atoms with Crippen LogP contribution in [-0.4, -0.2) is 13.2 Å². The highest BCUT2D eigenvalue weighted by atomic mass is 28.3. The smallest absolute Gasteiger partial charge is 0.146 e. The molecule has 1 rings (SSSR count). The summed E-state index contributed by atoms with van der Waals surface area (Å²) in [6, 6.07) is 7.24. The molecule has 1 N–H and O–H groups in total. The van der Waals surface area contributed by atoms with Gasteiger partial charge in [0.05, 0.1) is 0 Å². The quantitative estimate of drug-likeness (QED) is 0.610. The van der Waals surface area contributed by atoms with Crippen LogP contribution in [-0.2, 0) is 0 Å². The molecule has 0 spiro atoms. The molecule has 19 heavy (non-hydrogen) atoms. The second kappa shape index (κ2) is 6.30. The third-order valence-corrected chi connectivity index (χ3v) is 10.4. The van der Waals surface area contributed by atoms with Crippen molar-refractivity contribution in [3.63, 3.8) is 0 Å². The first-order valence-corrected chi connectivity index (χ1v) is 9.36. The zero-order chi connectivity index (χ0) is 14.6. The Hall–Kier alpha value is -1.20. The van der Waals surface area contributed by atoms with E-state index >= 15 is 0 Å². The van der Waals surface area contributed by atoms with E-state index < -0.39 is 8.07 Å². The second-order valence-electron chi connectivity index (χ2n) is 6.20. The third-order valence-electron chi connectivity index (χ3n) is 4.14. The zero-order valence-corrected chi connectivity index (χ0v) is 14.0. The molecule has 0 aliphatic carbocycles. The van der Waals surface area contributed by atoms with Gasteiger partial charge in [-0.15, -0.1) is 5.54 Å². The van der Waals surface area contributed by atoms with Crippen molar-refractivity contribution in [2.75, 3.05) is 0 Å². The van der Waals surface area contributed by atoms with Crippen LogP contribution in [0.2, 0.25) is 16.6 Å². The fraction of sp³-hybridized carbons (Fsp3) is 0.529. The summed E-state index contributed by atoms with van der Waals surface area (Å²) in [6.07, 6.45) is 0. The SMILES string of the molecule is CC(C)[Si](C#Cc1cccc(O)c1)(C(C)C)C(C)C. The summed E-state index contributed by atoms with van der Waals surface area (Å²) in [5, 5.41) is 9.51. The molecule has 0 radical (unpaired) electrons. The lowest BCUT2D eigenvalue weighted by Crippen LogP contribution is -2.43. The molecule has 104 valence electrons. The summed E-state index contributed by atoms with van der Waals surface area (Å²) < 4.78 is 0. The van der Waals surface area contributed by atoms with E-state index in [-0.39, 0.29) is 5.75 Å². The normalized spacial score (nSPS) is 11.8. The first-order chi connectivity index (χ1) is 8.80. The number of phenolic OH excluding ortho intramolecular Hbond substituents is 1. The van der Waals surface area contributed by atoms with E-state index in [2.05, 4.69) is 53.0 Å². The lowest BCUT2D eigenvalue weighted by molar-refractivity contribution is 0.475. The van der Waals surface area contributed by atoms with Gasteiger partial charge in [0.2, 0.25) is 0 Å². The van der Waals surface area contributed by atoms with E-state index in [1.807, 2.05) is 12.1 Å². The minimum absolute atomic E-state index is 0.290. The van der Waals surface area contributed by atoms with Crippen molar-refractivity contribution in [1.29, 1.82) is 0 Å². The van der Waals surface area contributed by atoms with Gasteiger partial charge in [0.25, 0.3) is 0 Å². The molecule has 0 aromatic heterocycles. The molecule has 0 fully saturated rings. The molecule has 0 atom stereocenters. The van der Waals surface area contributed by atoms with Crippen LogP contribution in [0.25, 0.3) is 0 Å². The lowest BCUT2D eigenvalue weighted by Gasteiger charge is -2.38. The van der Waals surface area contributed by atoms with Crippen molar-refractivity contribution >= 4 is 8.07 Å². The molecule has 0 aliphatic rings. The average molecular weight is 274 g/mol. The Balaban J connectivity index is 3.23. The molecule has 0 amide bonds. The Morgan fingerprint density at radius 1 is 0.947 bits per heavy atom. The highest BCUT2D eigenvalue weighted by molar-refractivity contribution is 6.90. The maximum atomic E-state index is 9.51. The highest BCUT2D eigenvalue weighted by Gasteiger charge is 2.41. The van der Waals surface area contributed by atoms with Gasteiger partial charge in [-0.1, -0.05) is 53.5 Å². The predicted molar refractivity (Wildman–Crippen MR) is 86.0 cm³/mol. The van der Waals surface area contributed by atoms with Gasteiger partial charge >= 0.3 is 0 Å². The molecule has 0 unspecified atom stereocenters. The molecule has 1 aromatic carbocycles.